The highest BCUT2D eigenvalue weighted by Gasteiger charge is 2.29. The lowest BCUT2D eigenvalue weighted by atomic mass is 10.0. The molecule has 0 spiro atoms. The van der Waals surface area contributed by atoms with Crippen molar-refractivity contribution >= 4 is 0 Å². The third-order valence-corrected chi connectivity index (χ3v) is 4.89. The molecule has 0 heterocycles. The minimum absolute atomic E-state index is 0.0472. The van der Waals surface area contributed by atoms with E-state index >= 15 is 0 Å². The van der Waals surface area contributed by atoms with E-state index < -0.39 is 37.6 Å². The molecule has 4 unspecified atom stereocenters. The maximum Gasteiger partial charge on any atom is 0.204 e. The highest BCUT2D eigenvalue weighted by Crippen LogP contribution is 2.42. The molecule has 4 atom stereocenters. The summed E-state index contributed by atoms with van der Waals surface area (Å²) < 4.78 is 27.5. The lowest BCUT2D eigenvalue weighted by Gasteiger charge is -2.28. The first kappa shape index (κ1) is 25.5. The number of phenols is 1. The van der Waals surface area contributed by atoms with E-state index in [-0.39, 0.29) is 28.6 Å². The van der Waals surface area contributed by atoms with Gasteiger partial charge in [-0.05, 0) is 35.4 Å². The van der Waals surface area contributed by atoms with Crippen LogP contribution < -0.4 is 18.9 Å². The maximum absolute atomic E-state index is 10.2. The summed E-state index contributed by atoms with van der Waals surface area (Å²) in [5.41, 5.74) is 0.730. The average molecular weight is 454 g/mol. The van der Waals surface area contributed by atoms with Gasteiger partial charge in [0.25, 0.3) is 0 Å². The van der Waals surface area contributed by atoms with Crippen LogP contribution in [0.3, 0.4) is 0 Å². The normalized spacial score (nSPS) is 14.9. The molecule has 2 rings (SSSR count). The average Bonchev–Trinajstić information content (AvgIpc) is 2.81. The lowest BCUT2D eigenvalue weighted by molar-refractivity contribution is -0.0278. The summed E-state index contributed by atoms with van der Waals surface area (Å²) in [5.74, 6) is 0.789. The Labute approximate surface area is 186 Å². The number of hydrogen-bond acceptors (Lipinski definition) is 10. The van der Waals surface area contributed by atoms with Crippen LogP contribution in [0.1, 0.15) is 23.3 Å². The molecule has 0 aliphatic carbocycles. The van der Waals surface area contributed by atoms with Crippen molar-refractivity contribution in [3.63, 3.8) is 0 Å². The van der Waals surface area contributed by atoms with Gasteiger partial charge < -0.3 is 49.2 Å². The summed E-state index contributed by atoms with van der Waals surface area (Å²) in [5, 5.41) is 49.1. The van der Waals surface area contributed by atoms with Gasteiger partial charge in [-0.15, -0.1) is 0 Å². The van der Waals surface area contributed by atoms with Crippen molar-refractivity contribution in [1.82, 2.24) is 0 Å². The Morgan fingerprint density at radius 3 is 1.88 bits per heavy atom. The van der Waals surface area contributed by atoms with Gasteiger partial charge in [0.2, 0.25) is 5.75 Å². The third kappa shape index (κ3) is 5.72. The molecule has 10 heteroatoms. The Bertz CT molecular complexity index is 847. The van der Waals surface area contributed by atoms with Crippen molar-refractivity contribution in [2.24, 2.45) is 0 Å². The topological polar surface area (TPSA) is 147 Å². The predicted octanol–water partition coefficient (Wildman–Crippen LogP) is 0.932. The molecule has 0 radical (unpaired) electrons. The molecule has 0 saturated carbocycles. The number of benzene rings is 2. The highest BCUT2D eigenvalue weighted by atomic mass is 16.6. The van der Waals surface area contributed by atoms with Crippen LogP contribution in [-0.4, -0.2) is 79.4 Å². The first-order chi connectivity index (χ1) is 15.3. The molecule has 0 fully saturated rings. The second-order valence-electron chi connectivity index (χ2n) is 6.91. The van der Waals surface area contributed by atoms with Crippen LogP contribution >= 0.6 is 0 Å². The van der Waals surface area contributed by atoms with Crippen molar-refractivity contribution in [2.75, 3.05) is 41.7 Å². The Balaban J connectivity index is 2.46. The Morgan fingerprint density at radius 2 is 1.41 bits per heavy atom. The second-order valence-corrected chi connectivity index (χ2v) is 6.91. The summed E-state index contributed by atoms with van der Waals surface area (Å²) in [6, 6.07) is 7.39. The number of aromatic hydroxyl groups is 1. The van der Waals surface area contributed by atoms with Crippen LogP contribution in [0.5, 0.6) is 28.7 Å². The number of hydrogen-bond donors (Lipinski definition) is 5. The smallest absolute Gasteiger partial charge is 0.204 e. The van der Waals surface area contributed by atoms with Gasteiger partial charge in [0, 0.05) is 13.2 Å². The second kappa shape index (κ2) is 11.7. The van der Waals surface area contributed by atoms with Crippen LogP contribution in [0.2, 0.25) is 0 Å². The molecule has 5 N–H and O–H groups in total. The van der Waals surface area contributed by atoms with Crippen molar-refractivity contribution in [3.05, 3.63) is 41.5 Å². The predicted molar refractivity (Wildman–Crippen MR) is 114 cm³/mol. The van der Waals surface area contributed by atoms with E-state index in [1.165, 1.54) is 52.7 Å². The fraction of sp³-hybridized carbons (Fsp3) is 0.455. The van der Waals surface area contributed by atoms with Crippen LogP contribution in [0.25, 0.3) is 0 Å². The summed E-state index contributed by atoms with van der Waals surface area (Å²) in [7, 11) is 5.64. The minimum Gasteiger partial charge on any atom is -0.508 e. The quantitative estimate of drug-likeness (QED) is 0.314. The van der Waals surface area contributed by atoms with Crippen LogP contribution in [0.4, 0.5) is 0 Å². The Kier molecular flexibility index (Phi) is 9.36. The summed E-state index contributed by atoms with van der Waals surface area (Å²) in [6.45, 7) is -1.10. The molecule has 10 nitrogen and oxygen atoms in total. The van der Waals surface area contributed by atoms with Crippen molar-refractivity contribution in [3.8, 4) is 28.7 Å². The minimum atomic E-state index is -1.40. The van der Waals surface area contributed by atoms with Gasteiger partial charge in [0.05, 0.1) is 34.5 Å². The first-order valence-corrected chi connectivity index (χ1v) is 9.74. The number of aliphatic hydroxyl groups excluding tert-OH is 4. The molecule has 0 amide bonds. The zero-order valence-corrected chi connectivity index (χ0v) is 18.4. The molecular formula is C22H30O10. The highest BCUT2D eigenvalue weighted by molar-refractivity contribution is 5.54. The largest absolute Gasteiger partial charge is 0.508 e. The number of aliphatic hydroxyl groups is 4. The summed E-state index contributed by atoms with van der Waals surface area (Å²) in [4.78, 5) is 0. The standard InChI is InChI=1S/C22H30O10/c1-28-15-6-13(5-14(25)9-15)21(31-4)19(11-24)32-22-17(29-2)7-12(8-18(22)30-3)20(27)16(26)10-23/h5-9,16,19-21,23-27H,10-11H2,1-4H3. The van der Waals surface area contributed by atoms with E-state index in [4.69, 9.17) is 28.8 Å². The van der Waals surface area contributed by atoms with Crippen LogP contribution in [0.15, 0.2) is 30.3 Å². The van der Waals surface area contributed by atoms with Gasteiger partial charge in [-0.3, -0.25) is 0 Å². The number of methoxy groups -OCH3 is 4. The van der Waals surface area contributed by atoms with Gasteiger partial charge in [0.1, 0.15) is 29.8 Å². The monoisotopic (exact) mass is 454 g/mol. The Hall–Kier alpha value is -2.76. The molecule has 0 bridgehead atoms. The van der Waals surface area contributed by atoms with Crippen molar-refractivity contribution in [2.45, 2.75) is 24.4 Å². The van der Waals surface area contributed by atoms with Gasteiger partial charge in [-0.25, -0.2) is 0 Å². The number of ether oxygens (including phenoxy) is 5. The third-order valence-electron chi connectivity index (χ3n) is 4.89. The van der Waals surface area contributed by atoms with E-state index in [0.717, 1.165) is 0 Å². The molecule has 0 aromatic heterocycles. The van der Waals surface area contributed by atoms with E-state index in [9.17, 15) is 20.4 Å². The fourth-order valence-corrected chi connectivity index (χ4v) is 3.25. The van der Waals surface area contributed by atoms with Gasteiger partial charge in [0.15, 0.2) is 17.6 Å². The molecule has 0 aliphatic rings. The van der Waals surface area contributed by atoms with Gasteiger partial charge in [-0.1, -0.05) is 0 Å². The van der Waals surface area contributed by atoms with Gasteiger partial charge in [-0.2, -0.15) is 0 Å². The first-order valence-electron chi connectivity index (χ1n) is 9.74. The molecule has 0 saturated heterocycles. The number of phenolic OH excluding ortho intramolecular Hbond substituents is 1. The molecular weight excluding hydrogens is 424 g/mol. The fourth-order valence-electron chi connectivity index (χ4n) is 3.25. The van der Waals surface area contributed by atoms with E-state index in [1.54, 1.807) is 6.07 Å². The molecule has 2 aromatic rings. The number of rotatable bonds is 12. The van der Waals surface area contributed by atoms with E-state index in [0.29, 0.717) is 11.3 Å². The lowest BCUT2D eigenvalue weighted by Crippen LogP contribution is -2.31. The Morgan fingerprint density at radius 1 is 0.781 bits per heavy atom. The molecule has 32 heavy (non-hydrogen) atoms. The maximum atomic E-state index is 10.2. The van der Waals surface area contributed by atoms with Crippen molar-refractivity contribution in [1.29, 1.82) is 0 Å². The molecule has 2 aromatic carbocycles. The SMILES string of the molecule is COc1cc(O)cc(C(OC)C(CO)Oc2c(OC)cc(C(O)C(O)CO)cc2OC)c1. The van der Waals surface area contributed by atoms with E-state index in [1.807, 2.05) is 0 Å². The van der Waals surface area contributed by atoms with Crippen LogP contribution in [-0.2, 0) is 4.74 Å². The molecule has 178 valence electrons. The summed E-state index contributed by atoms with van der Waals surface area (Å²) in [6.07, 6.45) is -4.55. The van der Waals surface area contributed by atoms with Crippen molar-refractivity contribution < 1.29 is 49.2 Å². The van der Waals surface area contributed by atoms with Crippen LogP contribution in [0, 0.1) is 0 Å². The van der Waals surface area contributed by atoms with E-state index in [2.05, 4.69) is 0 Å². The molecule has 0 aliphatic heterocycles. The zero-order valence-electron chi connectivity index (χ0n) is 18.4. The summed E-state index contributed by atoms with van der Waals surface area (Å²) >= 11 is 0. The zero-order chi connectivity index (χ0) is 23.8. The van der Waals surface area contributed by atoms with Gasteiger partial charge >= 0.3 is 0 Å².